The van der Waals surface area contributed by atoms with Crippen LogP contribution >= 0.6 is 15.9 Å². The number of nitrogen functional groups attached to an aromatic ring is 1. The van der Waals surface area contributed by atoms with Gasteiger partial charge in [0.25, 0.3) is 0 Å². The highest BCUT2D eigenvalue weighted by Gasteiger charge is 2.09. The van der Waals surface area contributed by atoms with E-state index in [9.17, 15) is 0 Å². The first kappa shape index (κ1) is 13.7. The Morgan fingerprint density at radius 3 is 2.53 bits per heavy atom. The van der Waals surface area contributed by atoms with Gasteiger partial charge in [0.05, 0.1) is 12.8 Å². The van der Waals surface area contributed by atoms with Crippen LogP contribution < -0.4 is 15.2 Å². The Morgan fingerprint density at radius 1 is 1.05 bits per heavy atom. The standard InChI is InChI=1S/C15H16BrNO2/c1-3-10-4-7-13(15(8-10)18-2)19-14-9-11(16)5-6-12(14)17/h4-9H,3,17H2,1-2H3. The molecule has 100 valence electrons. The number of halogens is 1. The maximum atomic E-state index is 5.90. The summed E-state index contributed by atoms with van der Waals surface area (Å²) >= 11 is 3.40. The summed E-state index contributed by atoms with van der Waals surface area (Å²) in [5, 5.41) is 0. The fourth-order valence-electron chi connectivity index (χ4n) is 1.73. The van der Waals surface area contributed by atoms with Gasteiger partial charge in [0.2, 0.25) is 0 Å². The molecule has 2 N–H and O–H groups in total. The maximum Gasteiger partial charge on any atom is 0.169 e. The molecule has 19 heavy (non-hydrogen) atoms. The van der Waals surface area contributed by atoms with Gasteiger partial charge in [-0.3, -0.25) is 0 Å². The molecule has 0 saturated heterocycles. The summed E-state index contributed by atoms with van der Waals surface area (Å²) in [5.41, 5.74) is 7.69. The van der Waals surface area contributed by atoms with Gasteiger partial charge in [-0.15, -0.1) is 0 Å². The van der Waals surface area contributed by atoms with Gasteiger partial charge in [-0.05, 0) is 42.3 Å². The molecule has 0 heterocycles. The Labute approximate surface area is 121 Å². The number of hydrogen-bond acceptors (Lipinski definition) is 3. The van der Waals surface area contributed by atoms with Crippen molar-refractivity contribution >= 4 is 21.6 Å². The molecule has 0 atom stereocenters. The first-order chi connectivity index (χ1) is 9.13. The molecule has 0 spiro atoms. The summed E-state index contributed by atoms with van der Waals surface area (Å²) < 4.78 is 12.1. The van der Waals surface area contributed by atoms with E-state index in [0.717, 1.165) is 10.9 Å². The van der Waals surface area contributed by atoms with Crippen molar-refractivity contribution < 1.29 is 9.47 Å². The number of hydrogen-bond donors (Lipinski definition) is 1. The molecular formula is C15H16BrNO2. The minimum absolute atomic E-state index is 0.588. The molecule has 2 aromatic rings. The molecule has 0 aliphatic rings. The smallest absolute Gasteiger partial charge is 0.169 e. The zero-order chi connectivity index (χ0) is 13.8. The van der Waals surface area contributed by atoms with Crippen molar-refractivity contribution in [3.8, 4) is 17.2 Å². The Kier molecular flexibility index (Phi) is 4.32. The van der Waals surface area contributed by atoms with Crippen LogP contribution in [0.1, 0.15) is 12.5 Å². The lowest BCUT2D eigenvalue weighted by molar-refractivity contribution is 0.379. The van der Waals surface area contributed by atoms with Gasteiger partial charge in [-0.2, -0.15) is 0 Å². The normalized spacial score (nSPS) is 10.3. The third kappa shape index (κ3) is 3.20. The lowest BCUT2D eigenvalue weighted by Gasteiger charge is -2.13. The van der Waals surface area contributed by atoms with Crippen molar-refractivity contribution in [1.29, 1.82) is 0 Å². The van der Waals surface area contributed by atoms with Crippen LogP contribution in [-0.2, 0) is 6.42 Å². The fourth-order valence-corrected chi connectivity index (χ4v) is 2.07. The number of anilines is 1. The second-order valence-electron chi connectivity index (χ2n) is 4.12. The quantitative estimate of drug-likeness (QED) is 0.849. The predicted octanol–water partition coefficient (Wildman–Crippen LogP) is 4.39. The van der Waals surface area contributed by atoms with E-state index in [4.69, 9.17) is 15.2 Å². The van der Waals surface area contributed by atoms with Gasteiger partial charge in [-0.25, -0.2) is 0 Å². The van der Waals surface area contributed by atoms with E-state index in [1.54, 1.807) is 13.2 Å². The monoisotopic (exact) mass is 321 g/mol. The van der Waals surface area contributed by atoms with Crippen molar-refractivity contribution in [2.75, 3.05) is 12.8 Å². The van der Waals surface area contributed by atoms with Crippen molar-refractivity contribution in [3.05, 3.63) is 46.4 Å². The summed E-state index contributed by atoms with van der Waals surface area (Å²) in [6.07, 6.45) is 0.954. The van der Waals surface area contributed by atoms with Crippen molar-refractivity contribution in [2.24, 2.45) is 0 Å². The molecule has 0 aliphatic carbocycles. The molecule has 0 saturated carbocycles. The Balaban J connectivity index is 2.35. The van der Waals surface area contributed by atoms with E-state index >= 15 is 0 Å². The first-order valence-corrected chi connectivity index (χ1v) is 6.83. The molecular weight excluding hydrogens is 306 g/mol. The van der Waals surface area contributed by atoms with E-state index < -0.39 is 0 Å². The van der Waals surface area contributed by atoms with Crippen LogP contribution in [0.5, 0.6) is 17.2 Å². The first-order valence-electron chi connectivity index (χ1n) is 6.04. The molecule has 0 radical (unpaired) electrons. The summed E-state index contributed by atoms with van der Waals surface area (Å²) in [6.45, 7) is 2.10. The second-order valence-corrected chi connectivity index (χ2v) is 5.04. The van der Waals surface area contributed by atoms with Gasteiger partial charge < -0.3 is 15.2 Å². The van der Waals surface area contributed by atoms with E-state index in [1.807, 2.05) is 30.3 Å². The van der Waals surface area contributed by atoms with Crippen LogP contribution in [0, 0.1) is 0 Å². The molecule has 4 heteroatoms. The van der Waals surface area contributed by atoms with E-state index in [-0.39, 0.29) is 0 Å². The van der Waals surface area contributed by atoms with E-state index in [0.29, 0.717) is 22.9 Å². The van der Waals surface area contributed by atoms with E-state index in [2.05, 4.69) is 22.9 Å². The largest absolute Gasteiger partial charge is 0.493 e. The third-order valence-electron chi connectivity index (χ3n) is 2.83. The molecule has 3 nitrogen and oxygen atoms in total. The van der Waals surface area contributed by atoms with Crippen molar-refractivity contribution in [2.45, 2.75) is 13.3 Å². The number of benzene rings is 2. The topological polar surface area (TPSA) is 44.5 Å². The van der Waals surface area contributed by atoms with Gasteiger partial charge in [-0.1, -0.05) is 28.9 Å². The Morgan fingerprint density at radius 2 is 1.84 bits per heavy atom. The number of nitrogens with two attached hydrogens (primary N) is 1. The highest BCUT2D eigenvalue weighted by molar-refractivity contribution is 9.10. The minimum atomic E-state index is 0.588. The summed E-state index contributed by atoms with van der Waals surface area (Å²) in [4.78, 5) is 0. The average Bonchev–Trinajstić information content (AvgIpc) is 2.43. The van der Waals surface area contributed by atoms with Crippen LogP contribution in [-0.4, -0.2) is 7.11 Å². The lowest BCUT2D eigenvalue weighted by atomic mass is 10.1. The zero-order valence-electron chi connectivity index (χ0n) is 10.9. The van der Waals surface area contributed by atoms with Gasteiger partial charge in [0.1, 0.15) is 0 Å². The van der Waals surface area contributed by atoms with Crippen LogP contribution in [0.3, 0.4) is 0 Å². The number of aryl methyl sites for hydroxylation is 1. The Hall–Kier alpha value is -1.68. The number of ether oxygens (including phenoxy) is 2. The lowest BCUT2D eigenvalue weighted by Crippen LogP contribution is -1.95. The molecule has 0 bridgehead atoms. The number of methoxy groups -OCH3 is 1. The molecule has 0 aliphatic heterocycles. The van der Waals surface area contributed by atoms with Gasteiger partial charge >= 0.3 is 0 Å². The van der Waals surface area contributed by atoms with Crippen LogP contribution in [0.2, 0.25) is 0 Å². The highest BCUT2D eigenvalue weighted by Crippen LogP contribution is 2.36. The third-order valence-corrected chi connectivity index (χ3v) is 3.33. The van der Waals surface area contributed by atoms with Crippen LogP contribution in [0.4, 0.5) is 5.69 Å². The summed E-state index contributed by atoms with van der Waals surface area (Å²) in [7, 11) is 1.63. The van der Waals surface area contributed by atoms with Crippen molar-refractivity contribution in [3.63, 3.8) is 0 Å². The molecule has 0 amide bonds. The SMILES string of the molecule is CCc1ccc(Oc2cc(Br)ccc2N)c(OC)c1. The van der Waals surface area contributed by atoms with Crippen LogP contribution in [0.15, 0.2) is 40.9 Å². The average molecular weight is 322 g/mol. The fraction of sp³-hybridized carbons (Fsp3) is 0.200. The van der Waals surface area contributed by atoms with Gasteiger partial charge in [0, 0.05) is 4.47 Å². The number of rotatable bonds is 4. The zero-order valence-corrected chi connectivity index (χ0v) is 12.5. The van der Waals surface area contributed by atoms with Crippen molar-refractivity contribution in [1.82, 2.24) is 0 Å². The Bertz CT molecular complexity index is 584. The van der Waals surface area contributed by atoms with Crippen LogP contribution in [0.25, 0.3) is 0 Å². The minimum Gasteiger partial charge on any atom is -0.493 e. The molecule has 2 rings (SSSR count). The van der Waals surface area contributed by atoms with Gasteiger partial charge in [0.15, 0.2) is 17.2 Å². The predicted molar refractivity (Wildman–Crippen MR) is 81.0 cm³/mol. The molecule has 2 aromatic carbocycles. The summed E-state index contributed by atoms with van der Waals surface area (Å²) in [6, 6.07) is 11.4. The maximum absolute atomic E-state index is 5.90. The molecule has 0 fully saturated rings. The molecule has 0 unspecified atom stereocenters. The van der Waals surface area contributed by atoms with E-state index in [1.165, 1.54) is 5.56 Å². The molecule has 0 aromatic heterocycles. The second kappa shape index (κ2) is 5.97. The highest BCUT2D eigenvalue weighted by atomic mass is 79.9. The summed E-state index contributed by atoms with van der Waals surface area (Å²) in [5.74, 6) is 1.97.